The smallest absolute Gasteiger partial charge is 0.282 e. The van der Waals surface area contributed by atoms with E-state index in [0.717, 1.165) is 58.4 Å². The largest absolute Gasteiger partial charge is 0.340 e. The summed E-state index contributed by atoms with van der Waals surface area (Å²) < 4.78 is 29.0. The van der Waals surface area contributed by atoms with Gasteiger partial charge in [0, 0.05) is 78.4 Å². The molecule has 0 saturated carbocycles. The fourth-order valence-corrected chi connectivity index (χ4v) is 5.62. The molecule has 0 aromatic carbocycles. The van der Waals surface area contributed by atoms with E-state index in [1.54, 1.807) is 8.61 Å². The predicted octanol–water partition coefficient (Wildman–Crippen LogP) is -0.0315. The van der Waals surface area contributed by atoms with Crippen LogP contribution in [0, 0.1) is 0 Å². The van der Waals surface area contributed by atoms with Gasteiger partial charge in [0.05, 0.1) is 0 Å². The molecule has 0 bridgehead atoms. The maximum Gasteiger partial charge on any atom is 0.282 e. The van der Waals surface area contributed by atoms with Crippen LogP contribution >= 0.6 is 12.4 Å². The predicted molar refractivity (Wildman–Crippen MR) is 108 cm³/mol. The Morgan fingerprint density at radius 3 is 1.93 bits per heavy atom. The molecule has 3 aliphatic heterocycles. The van der Waals surface area contributed by atoms with Crippen molar-refractivity contribution in [1.29, 1.82) is 0 Å². The van der Waals surface area contributed by atoms with Crippen molar-refractivity contribution in [2.24, 2.45) is 0 Å². The molecule has 3 saturated heterocycles. The number of nitrogens with one attached hydrogen (secondary N) is 1. The van der Waals surface area contributed by atoms with Gasteiger partial charge in [0.15, 0.2) is 0 Å². The zero-order chi connectivity index (χ0) is 18.4. The van der Waals surface area contributed by atoms with Crippen LogP contribution in [-0.4, -0.2) is 105 Å². The molecule has 8 nitrogen and oxygen atoms in total. The Morgan fingerprint density at radius 1 is 0.778 bits per heavy atom. The Balaban J connectivity index is 0.00000261. The third-order valence-corrected chi connectivity index (χ3v) is 7.70. The Kier molecular flexibility index (Phi) is 9.24. The van der Waals surface area contributed by atoms with Gasteiger partial charge in [-0.3, -0.25) is 4.79 Å². The van der Waals surface area contributed by atoms with Gasteiger partial charge in [-0.2, -0.15) is 17.0 Å². The van der Waals surface area contributed by atoms with Gasteiger partial charge in [-0.15, -0.1) is 12.4 Å². The van der Waals surface area contributed by atoms with E-state index >= 15 is 0 Å². The molecule has 0 radical (unpaired) electrons. The summed E-state index contributed by atoms with van der Waals surface area (Å²) in [6.45, 7) is 7.84. The summed E-state index contributed by atoms with van der Waals surface area (Å²) in [5.74, 6) is 0.214. The minimum atomic E-state index is -3.32. The molecule has 3 heterocycles. The number of carbonyl (C=O) groups excluding carboxylic acids is 1. The molecule has 1 amide bonds. The molecule has 0 spiro atoms. The standard InChI is InChI=1S/C17H33N5O3S.ClH/c23-17(20-11-6-18-7-12-20)5-10-19-13-15-22(16-14-19)26(24,25)21-8-3-1-2-4-9-21;/h18H,1-16H2;1H. The number of hydrogen-bond acceptors (Lipinski definition) is 5. The van der Waals surface area contributed by atoms with Crippen molar-refractivity contribution >= 4 is 28.5 Å². The van der Waals surface area contributed by atoms with E-state index < -0.39 is 10.2 Å². The van der Waals surface area contributed by atoms with Crippen LogP contribution in [0.3, 0.4) is 0 Å². The van der Waals surface area contributed by atoms with E-state index in [1.165, 1.54) is 0 Å². The first kappa shape index (κ1) is 22.8. The minimum absolute atomic E-state index is 0. The molecule has 3 fully saturated rings. The number of piperazine rings is 2. The molecular formula is C17H34ClN5O3S. The lowest BCUT2D eigenvalue weighted by molar-refractivity contribution is -0.132. The lowest BCUT2D eigenvalue weighted by Crippen LogP contribution is -2.53. The zero-order valence-corrected chi connectivity index (χ0v) is 17.8. The third-order valence-electron chi connectivity index (χ3n) is 5.66. The first-order chi connectivity index (χ1) is 12.6. The maximum absolute atomic E-state index is 12.8. The summed E-state index contributed by atoms with van der Waals surface area (Å²) in [6, 6.07) is 0. The van der Waals surface area contributed by atoms with E-state index in [2.05, 4.69) is 10.2 Å². The number of rotatable bonds is 5. The van der Waals surface area contributed by atoms with E-state index in [-0.39, 0.29) is 18.3 Å². The van der Waals surface area contributed by atoms with Crippen molar-refractivity contribution < 1.29 is 13.2 Å². The van der Waals surface area contributed by atoms with Crippen molar-refractivity contribution in [3.63, 3.8) is 0 Å². The number of hydrogen-bond donors (Lipinski definition) is 1. The first-order valence-electron chi connectivity index (χ1n) is 10.0. The van der Waals surface area contributed by atoms with Gasteiger partial charge in [0.2, 0.25) is 5.91 Å². The Labute approximate surface area is 169 Å². The highest BCUT2D eigenvalue weighted by atomic mass is 35.5. The fraction of sp³-hybridized carbons (Fsp3) is 0.941. The van der Waals surface area contributed by atoms with Crippen LogP contribution in [0.2, 0.25) is 0 Å². The van der Waals surface area contributed by atoms with Gasteiger partial charge in [-0.05, 0) is 12.8 Å². The summed E-state index contributed by atoms with van der Waals surface area (Å²) in [5, 5.41) is 3.25. The van der Waals surface area contributed by atoms with Gasteiger partial charge in [0.1, 0.15) is 0 Å². The molecule has 3 aliphatic rings. The summed E-state index contributed by atoms with van der Waals surface area (Å²) in [7, 11) is -3.32. The van der Waals surface area contributed by atoms with Crippen molar-refractivity contribution in [3.05, 3.63) is 0 Å². The third kappa shape index (κ3) is 6.27. The number of halogens is 1. The summed E-state index contributed by atoms with van der Waals surface area (Å²) in [6.07, 6.45) is 4.71. The van der Waals surface area contributed by atoms with Gasteiger partial charge in [-0.25, -0.2) is 0 Å². The van der Waals surface area contributed by atoms with Crippen molar-refractivity contribution in [1.82, 2.24) is 23.7 Å². The molecule has 0 unspecified atom stereocenters. The monoisotopic (exact) mass is 423 g/mol. The number of nitrogens with zero attached hydrogens (tertiary/aromatic N) is 4. The van der Waals surface area contributed by atoms with Crippen molar-refractivity contribution in [3.8, 4) is 0 Å². The van der Waals surface area contributed by atoms with E-state index in [4.69, 9.17) is 0 Å². The number of amides is 1. The van der Waals surface area contributed by atoms with Gasteiger partial charge in [0.25, 0.3) is 10.2 Å². The van der Waals surface area contributed by atoms with Crippen molar-refractivity contribution in [2.75, 3.05) is 72.0 Å². The molecule has 3 rings (SSSR count). The summed E-state index contributed by atoms with van der Waals surface area (Å²) in [5.41, 5.74) is 0. The maximum atomic E-state index is 12.8. The topological polar surface area (TPSA) is 76.2 Å². The first-order valence-corrected chi connectivity index (χ1v) is 11.4. The molecule has 0 atom stereocenters. The van der Waals surface area contributed by atoms with Crippen LogP contribution in [0.1, 0.15) is 32.1 Å². The molecule has 0 aromatic rings. The zero-order valence-electron chi connectivity index (χ0n) is 16.1. The normalized spacial score (nSPS) is 24.2. The highest BCUT2D eigenvalue weighted by molar-refractivity contribution is 7.86. The molecule has 0 aromatic heterocycles. The van der Waals surface area contributed by atoms with Crippen LogP contribution < -0.4 is 5.32 Å². The average molecular weight is 424 g/mol. The Bertz CT molecular complexity index is 555. The van der Waals surface area contributed by atoms with Crippen LogP contribution in [-0.2, 0) is 15.0 Å². The molecule has 158 valence electrons. The highest BCUT2D eigenvalue weighted by Crippen LogP contribution is 2.18. The van der Waals surface area contributed by atoms with Crippen LogP contribution in [0.15, 0.2) is 0 Å². The lowest BCUT2D eigenvalue weighted by atomic mass is 10.2. The van der Waals surface area contributed by atoms with Crippen LogP contribution in [0.25, 0.3) is 0 Å². The van der Waals surface area contributed by atoms with E-state index in [9.17, 15) is 13.2 Å². The summed E-state index contributed by atoms with van der Waals surface area (Å²) in [4.78, 5) is 16.4. The second-order valence-electron chi connectivity index (χ2n) is 7.44. The molecule has 27 heavy (non-hydrogen) atoms. The van der Waals surface area contributed by atoms with Gasteiger partial charge >= 0.3 is 0 Å². The van der Waals surface area contributed by atoms with Crippen LogP contribution in [0.4, 0.5) is 0 Å². The second-order valence-corrected chi connectivity index (χ2v) is 9.37. The second kappa shape index (κ2) is 10.9. The molecule has 0 aliphatic carbocycles. The SMILES string of the molecule is Cl.O=C(CCN1CCN(S(=O)(=O)N2CCCCCC2)CC1)N1CCNCC1. The van der Waals surface area contributed by atoms with Crippen molar-refractivity contribution in [2.45, 2.75) is 32.1 Å². The lowest BCUT2D eigenvalue weighted by Gasteiger charge is -2.36. The number of carbonyl (C=O) groups is 1. The minimum Gasteiger partial charge on any atom is -0.340 e. The Hall–Kier alpha value is -0.450. The van der Waals surface area contributed by atoms with Crippen LogP contribution in [0.5, 0.6) is 0 Å². The highest BCUT2D eigenvalue weighted by Gasteiger charge is 2.32. The average Bonchev–Trinajstić information content (AvgIpc) is 2.97. The van der Waals surface area contributed by atoms with E-state index in [1.807, 2.05) is 4.90 Å². The van der Waals surface area contributed by atoms with Gasteiger partial charge < -0.3 is 15.1 Å². The fourth-order valence-electron chi connectivity index (χ4n) is 3.95. The van der Waals surface area contributed by atoms with Gasteiger partial charge in [-0.1, -0.05) is 12.8 Å². The Morgan fingerprint density at radius 2 is 1.33 bits per heavy atom. The summed E-state index contributed by atoms with van der Waals surface area (Å²) >= 11 is 0. The quantitative estimate of drug-likeness (QED) is 0.672. The molecule has 10 heteroatoms. The molecule has 1 N–H and O–H groups in total. The van der Waals surface area contributed by atoms with E-state index in [0.29, 0.717) is 45.7 Å². The molecular weight excluding hydrogens is 390 g/mol.